The van der Waals surface area contributed by atoms with E-state index < -0.39 is 7.14 Å². The number of alkyl halides is 1. The second kappa shape index (κ2) is 4.83. The van der Waals surface area contributed by atoms with Gasteiger partial charge in [0, 0.05) is 21.6 Å². The van der Waals surface area contributed by atoms with E-state index in [2.05, 4.69) is 40.2 Å². The van der Waals surface area contributed by atoms with Gasteiger partial charge in [0.1, 0.15) is 7.14 Å². The predicted octanol–water partition coefficient (Wildman–Crippen LogP) is 4.60. The summed E-state index contributed by atoms with van der Waals surface area (Å²) < 4.78 is 13.8. The first kappa shape index (κ1) is 13.3. The summed E-state index contributed by atoms with van der Waals surface area (Å²) in [5.74, 6) is 0. The number of hydrogen-bond donors (Lipinski definition) is 0. The molecule has 2 unspecified atom stereocenters. The second-order valence-electron chi connectivity index (χ2n) is 5.45. The molecule has 3 aromatic rings. The Balaban J connectivity index is 2.09. The van der Waals surface area contributed by atoms with Crippen LogP contribution in [0.25, 0.3) is 10.8 Å². The van der Waals surface area contributed by atoms with Gasteiger partial charge in [0.2, 0.25) is 0 Å². The Morgan fingerprint density at radius 2 is 1.62 bits per heavy atom. The fourth-order valence-electron chi connectivity index (χ4n) is 3.25. The highest BCUT2D eigenvalue weighted by molar-refractivity contribution is 9.09. The van der Waals surface area contributed by atoms with Crippen molar-refractivity contribution in [1.29, 1.82) is 0 Å². The van der Waals surface area contributed by atoms with Crippen LogP contribution in [0, 0.1) is 0 Å². The summed E-state index contributed by atoms with van der Waals surface area (Å²) in [7, 11) is -2.56. The molecule has 2 atom stereocenters. The molecule has 0 fully saturated rings. The monoisotopic (exact) mass is 356 g/mol. The summed E-state index contributed by atoms with van der Waals surface area (Å²) in [5.41, 5.74) is 1.18. The van der Waals surface area contributed by atoms with Crippen molar-refractivity contribution in [2.75, 3.05) is 6.16 Å². The first-order chi connectivity index (χ1) is 10.2. The summed E-state index contributed by atoms with van der Waals surface area (Å²) in [6.07, 6.45) is 0.667. The Hall–Kier alpha value is -1.37. The minimum absolute atomic E-state index is 0.170. The normalized spacial score (nSPS) is 24.1. The van der Waals surface area contributed by atoms with Crippen molar-refractivity contribution in [3.05, 3.63) is 72.3 Å². The molecule has 0 aromatic heterocycles. The van der Waals surface area contributed by atoms with E-state index in [0.717, 1.165) is 21.4 Å². The Kier molecular flexibility index (Phi) is 3.06. The molecule has 1 nitrogen and oxygen atoms in total. The Labute approximate surface area is 132 Å². The van der Waals surface area contributed by atoms with Gasteiger partial charge < -0.3 is 4.57 Å². The number of rotatable bonds is 1. The molecule has 0 amide bonds. The Morgan fingerprint density at radius 1 is 0.905 bits per heavy atom. The van der Waals surface area contributed by atoms with Crippen molar-refractivity contribution in [3.8, 4) is 0 Å². The van der Waals surface area contributed by atoms with Gasteiger partial charge in [-0.15, -0.1) is 0 Å². The van der Waals surface area contributed by atoms with E-state index in [1.165, 1.54) is 5.56 Å². The van der Waals surface area contributed by atoms with Crippen molar-refractivity contribution in [1.82, 2.24) is 0 Å². The van der Waals surface area contributed by atoms with Crippen molar-refractivity contribution in [2.24, 2.45) is 0 Å². The van der Waals surface area contributed by atoms with Crippen LogP contribution < -0.4 is 10.6 Å². The van der Waals surface area contributed by atoms with Crippen LogP contribution in [0.2, 0.25) is 0 Å². The zero-order chi connectivity index (χ0) is 14.4. The highest BCUT2D eigenvalue weighted by atomic mass is 79.9. The highest BCUT2D eigenvalue weighted by Gasteiger charge is 2.41. The second-order valence-corrected chi connectivity index (χ2v) is 9.36. The number of fused-ring (bicyclic) bond motifs is 3. The topological polar surface area (TPSA) is 17.1 Å². The van der Waals surface area contributed by atoms with Crippen molar-refractivity contribution < 1.29 is 4.57 Å². The lowest BCUT2D eigenvalue weighted by atomic mass is 10.1. The van der Waals surface area contributed by atoms with Gasteiger partial charge in [0.15, 0.2) is 0 Å². The zero-order valence-electron chi connectivity index (χ0n) is 11.4. The quantitative estimate of drug-likeness (QED) is 0.459. The molecule has 0 bridgehead atoms. The molecule has 0 radical (unpaired) electrons. The molecule has 104 valence electrons. The SMILES string of the molecule is O=P1(c2ccccc2)CC(Br)c2ccc3ccccc3c21. The third-order valence-electron chi connectivity index (χ3n) is 4.22. The summed E-state index contributed by atoms with van der Waals surface area (Å²) in [4.78, 5) is 0.170. The van der Waals surface area contributed by atoms with Crippen LogP contribution in [0.3, 0.4) is 0 Å². The lowest BCUT2D eigenvalue weighted by molar-refractivity contribution is 0.588. The van der Waals surface area contributed by atoms with Crippen LogP contribution in [-0.4, -0.2) is 6.16 Å². The van der Waals surface area contributed by atoms with Crippen LogP contribution in [-0.2, 0) is 4.57 Å². The fourth-order valence-corrected chi connectivity index (χ4v) is 8.22. The van der Waals surface area contributed by atoms with E-state index in [0.29, 0.717) is 6.16 Å². The van der Waals surface area contributed by atoms with Gasteiger partial charge in [-0.1, -0.05) is 82.7 Å². The molecule has 3 aromatic carbocycles. The molecule has 0 aliphatic carbocycles. The predicted molar refractivity (Wildman–Crippen MR) is 93.8 cm³/mol. The first-order valence-electron chi connectivity index (χ1n) is 7.01. The van der Waals surface area contributed by atoms with Gasteiger partial charge in [-0.3, -0.25) is 0 Å². The lowest BCUT2D eigenvalue weighted by Gasteiger charge is -2.15. The summed E-state index contributed by atoms with van der Waals surface area (Å²) >= 11 is 3.72. The van der Waals surface area contributed by atoms with Crippen LogP contribution in [0.5, 0.6) is 0 Å². The molecule has 3 heteroatoms. The van der Waals surface area contributed by atoms with Gasteiger partial charge in [-0.25, -0.2) is 0 Å². The van der Waals surface area contributed by atoms with E-state index in [1.54, 1.807) is 0 Å². The van der Waals surface area contributed by atoms with Crippen LogP contribution >= 0.6 is 23.1 Å². The molecule has 0 spiro atoms. The standard InChI is InChI=1S/C18H14BrOP/c19-17-12-21(20,14-7-2-1-3-8-14)18-15-9-5-4-6-13(15)10-11-16(17)18/h1-11,17H,12H2. The molecule has 1 heterocycles. The maximum Gasteiger partial charge on any atom is 0.145 e. The van der Waals surface area contributed by atoms with E-state index in [-0.39, 0.29) is 4.83 Å². The minimum atomic E-state index is -2.56. The number of halogens is 1. The third kappa shape index (κ3) is 1.93. The van der Waals surface area contributed by atoms with Crippen molar-refractivity contribution in [3.63, 3.8) is 0 Å². The maximum absolute atomic E-state index is 13.8. The Bertz CT molecular complexity index is 873. The van der Waals surface area contributed by atoms with Gasteiger partial charge in [0.05, 0.1) is 0 Å². The van der Waals surface area contributed by atoms with Crippen LogP contribution in [0.4, 0.5) is 0 Å². The minimum Gasteiger partial charge on any atom is -0.314 e. The van der Waals surface area contributed by atoms with Crippen molar-refractivity contribution >= 4 is 44.5 Å². The first-order valence-corrected chi connectivity index (χ1v) is 9.82. The van der Waals surface area contributed by atoms with E-state index in [9.17, 15) is 4.57 Å². The molecule has 21 heavy (non-hydrogen) atoms. The molecule has 0 saturated heterocycles. The fraction of sp³-hybridized carbons (Fsp3) is 0.111. The van der Waals surface area contributed by atoms with Gasteiger partial charge in [-0.2, -0.15) is 0 Å². The number of benzene rings is 3. The maximum atomic E-state index is 13.8. The van der Waals surface area contributed by atoms with Gasteiger partial charge in [0.25, 0.3) is 0 Å². The largest absolute Gasteiger partial charge is 0.314 e. The number of hydrogen-bond acceptors (Lipinski definition) is 1. The Morgan fingerprint density at radius 3 is 2.43 bits per heavy atom. The smallest absolute Gasteiger partial charge is 0.145 e. The van der Waals surface area contributed by atoms with E-state index in [1.807, 2.05) is 42.5 Å². The van der Waals surface area contributed by atoms with Crippen LogP contribution in [0.15, 0.2) is 66.7 Å². The summed E-state index contributed by atoms with van der Waals surface area (Å²) in [6, 6.07) is 22.4. The van der Waals surface area contributed by atoms with E-state index in [4.69, 9.17) is 0 Å². The average molecular weight is 357 g/mol. The molecule has 1 aliphatic heterocycles. The zero-order valence-corrected chi connectivity index (χ0v) is 13.8. The highest BCUT2D eigenvalue weighted by Crippen LogP contribution is 2.56. The van der Waals surface area contributed by atoms with Gasteiger partial charge in [-0.05, 0) is 16.3 Å². The molecule has 4 rings (SSSR count). The molecule has 0 N–H and O–H groups in total. The third-order valence-corrected chi connectivity index (χ3v) is 8.77. The van der Waals surface area contributed by atoms with Crippen molar-refractivity contribution in [2.45, 2.75) is 4.83 Å². The molecular formula is C18H14BrOP. The molecular weight excluding hydrogens is 343 g/mol. The molecule has 1 aliphatic rings. The van der Waals surface area contributed by atoms with Crippen LogP contribution in [0.1, 0.15) is 10.4 Å². The summed E-state index contributed by atoms with van der Waals surface area (Å²) in [6.45, 7) is 0. The lowest BCUT2D eigenvalue weighted by Crippen LogP contribution is -2.15. The van der Waals surface area contributed by atoms with Gasteiger partial charge >= 0.3 is 0 Å². The molecule has 0 saturated carbocycles. The van der Waals surface area contributed by atoms with E-state index >= 15 is 0 Å². The average Bonchev–Trinajstić information content (AvgIpc) is 2.81. The summed E-state index contributed by atoms with van der Waals surface area (Å²) in [5, 5.41) is 4.30.